The van der Waals surface area contributed by atoms with E-state index in [9.17, 15) is 4.79 Å². The van der Waals surface area contributed by atoms with Crippen LogP contribution in [0.2, 0.25) is 5.02 Å². The molecule has 1 aromatic carbocycles. The number of carbonyl (C=O) groups excluding carboxylic acids is 1. The SMILES string of the molecule is CC(Br)C(=O)c1cc2cccc(Cl)c2s1. The highest BCUT2D eigenvalue weighted by atomic mass is 79.9. The molecule has 1 heterocycles. The van der Waals surface area contributed by atoms with Gasteiger partial charge >= 0.3 is 0 Å². The molecule has 1 unspecified atom stereocenters. The lowest BCUT2D eigenvalue weighted by molar-refractivity contribution is 0.1000. The summed E-state index contributed by atoms with van der Waals surface area (Å²) in [6.45, 7) is 1.83. The fraction of sp³-hybridized carbons (Fsp3) is 0.182. The maximum absolute atomic E-state index is 11.7. The molecule has 1 nitrogen and oxygen atoms in total. The lowest BCUT2D eigenvalue weighted by Gasteiger charge is -1.96. The van der Waals surface area contributed by atoms with Crippen LogP contribution in [0.3, 0.4) is 0 Å². The van der Waals surface area contributed by atoms with Crippen LogP contribution in [0.4, 0.5) is 0 Å². The van der Waals surface area contributed by atoms with E-state index >= 15 is 0 Å². The maximum Gasteiger partial charge on any atom is 0.186 e. The van der Waals surface area contributed by atoms with Gasteiger partial charge in [0.25, 0.3) is 0 Å². The van der Waals surface area contributed by atoms with Crippen LogP contribution in [0.25, 0.3) is 10.1 Å². The van der Waals surface area contributed by atoms with Crippen molar-refractivity contribution in [2.24, 2.45) is 0 Å². The third-order valence-corrected chi connectivity index (χ3v) is 4.14. The van der Waals surface area contributed by atoms with Crippen molar-refractivity contribution < 1.29 is 4.79 Å². The zero-order chi connectivity index (χ0) is 11.0. The summed E-state index contributed by atoms with van der Waals surface area (Å²) in [6.07, 6.45) is 0. The van der Waals surface area contributed by atoms with E-state index in [1.165, 1.54) is 11.3 Å². The van der Waals surface area contributed by atoms with Crippen molar-refractivity contribution in [3.63, 3.8) is 0 Å². The number of alkyl halides is 1. The minimum absolute atomic E-state index is 0.104. The number of hydrogen-bond acceptors (Lipinski definition) is 2. The van der Waals surface area contributed by atoms with Crippen molar-refractivity contribution in [2.75, 3.05) is 0 Å². The topological polar surface area (TPSA) is 17.1 Å². The molecule has 0 N–H and O–H groups in total. The number of Topliss-reactive ketones (excluding diaryl/α,β-unsaturated/α-hetero) is 1. The highest BCUT2D eigenvalue weighted by molar-refractivity contribution is 9.10. The molecule has 1 aromatic heterocycles. The molecule has 4 heteroatoms. The van der Waals surface area contributed by atoms with Crippen molar-refractivity contribution in [2.45, 2.75) is 11.8 Å². The first-order chi connectivity index (χ1) is 7.09. The summed E-state index contributed by atoms with van der Waals surface area (Å²) in [5, 5.41) is 1.74. The molecular weight excluding hydrogens is 296 g/mol. The second-order valence-corrected chi connectivity index (χ2v) is 6.08. The quantitative estimate of drug-likeness (QED) is 0.589. The third kappa shape index (κ3) is 2.10. The van der Waals surface area contributed by atoms with E-state index in [-0.39, 0.29) is 10.6 Å². The Morgan fingerprint density at radius 2 is 2.27 bits per heavy atom. The van der Waals surface area contributed by atoms with Gasteiger partial charge in [0.05, 0.1) is 19.4 Å². The Kier molecular flexibility index (Phi) is 3.14. The van der Waals surface area contributed by atoms with Gasteiger partial charge in [-0.05, 0) is 24.4 Å². The first kappa shape index (κ1) is 11.1. The first-order valence-electron chi connectivity index (χ1n) is 4.46. The molecule has 2 rings (SSSR count). The van der Waals surface area contributed by atoms with Crippen LogP contribution in [0.5, 0.6) is 0 Å². The number of benzene rings is 1. The van der Waals surface area contributed by atoms with E-state index < -0.39 is 0 Å². The van der Waals surface area contributed by atoms with Crippen LogP contribution < -0.4 is 0 Å². The molecule has 15 heavy (non-hydrogen) atoms. The monoisotopic (exact) mass is 302 g/mol. The van der Waals surface area contributed by atoms with Crippen LogP contribution in [0.15, 0.2) is 24.3 Å². The van der Waals surface area contributed by atoms with Gasteiger partial charge in [-0.3, -0.25) is 4.79 Å². The number of halogens is 2. The lowest BCUT2D eigenvalue weighted by atomic mass is 10.2. The van der Waals surface area contributed by atoms with Gasteiger partial charge in [-0.1, -0.05) is 39.7 Å². The van der Waals surface area contributed by atoms with Crippen LogP contribution in [-0.2, 0) is 0 Å². The Labute approximate surface area is 105 Å². The van der Waals surface area contributed by atoms with Crippen LogP contribution in [0, 0.1) is 0 Å². The largest absolute Gasteiger partial charge is 0.292 e. The molecule has 78 valence electrons. The zero-order valence-corrected chi connectivity index (χ0v) is 11.1. The minimum Gasteiger partial charge on any atom is -0.292 e. The number of hydrogen-bond donors (Lipinski definition) is 0. The van der Waals surface area contributed by atoms with E-state index in [1.54, 1.807) is 0 Å². The molecule has 0 aliphatic heterocycles. The average Bonchev–Trinajstić information content (AvgIpc) is 2.61. The van der Waals surface area contributed by atoms with Gasteiger partial charge in [0, 0.05) is 0 Å². The number of fused-ring (bicyclic) bond motifs is 1. The Morgan fingerprint density at radius 1 is 1.53 bits per heavy atom. The predicted molar refractivity (Wildman–Crippen MR) is 69.6 cm³/mol. The van der Waals surface area contributed by atoms with E-state index in [1.807, 2.05) is 31.2 Å². The molecule has 0 aliphatic rings. The van der Waals surface area contributed by atoms with Gasteiger partial charge < -0.3 is 0 Å². The van der Waals surface area contributed by atoms with Crippen LogP contribution >= 0.6 is 38.9 Å². The summed E-state index contributed by atoms with van der Waals surface area (Å²) in [7, 11) is 0. The number of ketones is 1. The average molecular weight is 304 g/mol. The molecule has 2 aromatic rings. The highest BCUT2D eigenvalue weighted by Crippen LogP contribution is 2.32. The second kappa shape index (κ2) is 4.24. The highest BCUT2D eigenvalue weighted by Gasteiger charge is 2.15. The van der Waals surface area contributed by atoms with Crippen LogP contribution in [0.1, 0.15) is 16.6 Å². The molecule has 0 saturated heterocycles. The zero-order valence-electron chi connectivity index (χ0n) is 7.96. The molecule has 0 saturated carbocycles. The summed E-state index contributed by atoms with van der Waals surface area (Å²) < 4.78 is 0.982. The molecule has 0 aliphatic carbocycles. The van der Waals surface area contributed by atoms with Gasteiger partial charge in [-0.15, -0.1) is 11.3 Å². The lowest BCUT2D eigenvalue weighted by Crippen LogP contribution is -2.07. The van der Waals surface area contributed by atoms with Crippen molar-refractivity contribution in [1.29, 1.82) is 0 Å². The van der Waals surface area contributed by atoms with Gasteiger partial charge in [0.2, 0.25) is 0 Å². The molecule has 0 spiro atoms. The van der Waals surface area contributed by atoms with Gasteiger partial charge in [-0.2, -0.15) is 0 Å². The van der Waals surface area contributed by atoms with E-state index in [2.05, 4.69) is 15.9 Å². The normalized spacial score (nSPS) is 13.0. The summed E-state index contributed by atoms with van der Waals surface area (Å²) in [5.74, 6) is 0.104. The molecule has 0 bridgehead atoms. The fourth-order valence-corrected chi connectivity index (χ4v) is 3.13. The Morgan fingerprint density at radius 3 is 2.87 bits per heavy atom. The van der Waals surface area contributed by atoms with Crippen molar-refractivity contribution in [1.82, 2.24) is 0 Å². The number of carbonyl (C=O) groups is 1. The van der Waals surface area contributed by atoms with E-state index in [4.69, 9.17) is 11.6 Å². The Hall–Kier alpha value is -0.380. The van der Waals surface area contributed by atoms with Crippen molar-refractivity contribution >= 4 is 54.7 Å². The Bertz CT molecular complexity index is 518. The van der Waals surface area contributed by atoms with Crippen LogP contribution in [-0.4, -0.2) is 10.6 Å². The van der Waals surface area contributed by atoms with Crippen molar-refractivity contribution in [3.05, 3.63) is 34.2 Å². The maximum atomic E-state index is 11.7. The molecule has 0 amide bonds. The van der Waals surface area contributed by atoms with Gasteiger partial charge in [0.15, 0.2) is 5.78 Å². The Balaban J connectivity index is 2.57. The molecule has 0 radical (unpaired) electrons. The van der Waals surface area contributed by atoms with Crippen molar-refractivity contribution in [3.8, 4) is 0 Å². The predicted octanol–water partition coefficient (Wildman–Crippen LogP) is 4.52. The third-order valence-electron chi connectivity index (χ3n) is 2.10. The number of rotatable bonds is 2. The summed E-state index contributed by atoms with van der Waals surface area (Å²) >= 11 is 10.8. The summed E-state index contributed by atoms with van der Waals surface area (Å²) in [4.78, 5) is 12.3. The van der Waals surface area contributed by atoms with E-state index in [0.29, 0.717) is 5.02 Å². The molecule has 1 atom stereocenters. The fourth-order valence-electron chi connectivity index (χ4n) is 1.34. The summed E-state index contributed by atoms with van der Waals surface area (Å²) in [5.41, 5.74) is 0. The van der Waals surface area contributed by atoms with Gasteiger partial charge in [0.1, 0.15) is 0 Å². The minimum atomic E-state index is -0.149. The standard InChI is InChI=1S/C11H8BrClOS/c1-6(12)10(14)9-5-7-3-2-4-8(13)11(7)15-9/h2-6H,1H3. The number of thiophene rings is 1. The first-order valence-corrected chi connectivity index (χ1v) is 6.57. The second-order valence-electron chi connectivity index (χ2n) is 3.25. The summed E-state index contributed by atoms with van der Waals surface area (Å²) in [6, 6.07) is 7.59. The van der Waals surface area contributed by atoms with Gasteiger partial charge in [-0.25, -0.2) is 0 Å². The smallest absolute Gasteiger partial charge is 0.186 e. The molecule has 0 fully saturated rings. The van der Waals surface area contributed by atoms with E-state index in [0.717, 1.165) is 15.0 Å². The molecular formula is C11H8BrClOS.